The molecule has 43 heavy (non-hydrogen) atoms. The lowest BCUT2D eigenvalue weighted by Gasteiger charge is -2.25. The van der Waals surface area contributed by atoms with Crippen LogP contribution < -0.4 is 4.74 Å². The highest BCUT2D eigenvalue weighted by Crippen LogP contribution is 2.29. The van der Waals surface area contributed by atoms with E-state index in [-0.39, 0.29) is 11.4 Å². The van der Waals surface area contributed by atoms with Gasteiger partial charge in [0.25, 0.3) is 5.69 Å². The fourth-order valence-corrected chi connectivity index (χ4v) is 6.52. The number of hydrogen-bond donors (Lipinski definition) is 1. The monoisotopic (exact) mass is 593 g/mol. The molecule has 11 heteroatoms. The number of benzene rings is 3. The number of aromatic nitrogens is 3. The van der Waals surface area contributed by atoms with E-state index in [4.69, 9.17) is 4.74 Å². The Hall–Kier alpha value is -5.13. The van der Waals surface area contributed by atoms with E-state index >= 15 is 0 Å². The Morgan fingerprint density at radius 3 is 2.60 bits per heavy atom. The molecule has 0 bridgehead atoms. The highest BCUT2D eigenvalue weighted by Gasteiger charge is 2.31. The van der Waals surface area contributed by atoms with Gasteiger partial charge in [-0.05, 0) is 46.8 Å². The summed E-state index contributed by atoms with van der Waals surface area (Å²) in [5.41, 5.74) is 3.20. The largest absolute Gasteiger partial charge is 0.487 e. The van der Waals surface area contributed by atoms with Crippen LogP contribution in [0.3, 0.4) is 0 Å². The highest BCUT2D eigenvalue weighted by atomic mass is 32.2. The maximum Gasteiger partial charge on any atom is 0.289 e. The molecule has 1 atom stereocenters. The number of ether oxygens (including phenoxy) is 1. The fraction of sp³-hybridized carbons (Fsp3) is 0.125. The molecule has 3 heterocycles. The second-order valence-corrected chi connectivity index (χ2v) is 12.2. The average Bonchev–Trinajstić information content (AvgIpc) is 3.43. The van der Waals surface area contributed by atoms with Gasteiger partial charge in [0.05, 0.1) is 17.7 Å². The molecule has 3 aromatic carbocycles. The number of H-pyrrole nitrogens is 1. The Morgan fingerprint density at radius 1 is 0.930 bits per heavy atom. The normalized spacial score (nSPS) is 12.5. The van der Waals surface area contributed by atoms with Crippen molar-refractivity contribution in [2.24, 2.45) is 0 Å². The third kappa shape index (κ3) is 5.81. The van der Waals surface area contributed by atoms with Crippen LogP contribution in [0.5, 0.6) is 5.75 Å². The standard InChI is InChI=1S/C32H27N5O5S/c1-36(43(40,41)32-9-5-4-8-31(32)37(38)39)21-28(16-26-19-35-30-7-3-2-6-29(26)30)42-27-15-25(18-34-20-27)22-10-11-24-17-33-13-12-23(24)14-22/h2-15,17-20,28,35H,16,21H2,1H3. The predicted molar refractivity (Wildman–Crippen MR) is 164 cm³/mol. The van der Waals surface area contributed by atoms with Crippen LogP contribution in [-0.2, 0) is 16.4 Å². The van der Waals surface area contributed by atoms with E-state index in [9.17, 15) is 18.5 Å². The molecule has 10 nitrogen and oxygen atoms in total. The zero-order valence-corrected chi connectivity index (χ0v) is 23.9. The number of sulfonamides is 1. The maximum atomic E-state index is 13.5. The van der Waals surface area contributed by atoms with Crippen LogP contribution >= 0.6 is 0 Å². The van der Waals surface area contributed by atoms with Gasteiger partial charge in [-0.3, -0.25) is 20.1 Å². The van der Waals surface area contributed by atoms with Crippen molar-refractivity contribution in [3.63, 3.8) is 0 Å². The maximum absolute atomic E-state index is 13.5. The number of nitro benzene ring substituents is 1. The first-order valence-electron chi connectivity index (χ1n) is 13.5. The van der Waals surface area contributed by atoms with Crippen molar-refractivity contribution in [1.82, 2.24) is 19.3 Å². The molecule has 0 saturated carbocycles. The molecular formula is C32H27N5O5S. The Balaban J connectivity index is 1.32. The van der Waals surface area contributed by atoms with E-state index in [1.54, 1.807) is 24.8 Å². The number of nitro groups is 1. The van der Waals surface area contributed by atoms with Gasteiger partial charge in [0.15, 0.2) is 4.90 Å². The van der Waals surface area contributed by atoms with Crippen molar-refractivity contribution in [3.05, 3.63) is 126 Å². The van der Waals surface area contributed by atoms with Gasteiger partial charge in [-0.25, -0.2) is 8.42 Å². The number of hydrogen-bond acceptors (Lipinski definition) is 7. The van der Waals surface area contributed by atoms with Crippen LogP contribution in [0.15, 0.2) is 115 Å². The first kappa shape index (κ1) is 28.0. The molecule has 1 N–H and O–H groups in total. The summed E-state index contributed by atoms with van der Waals surface area (Å²) in [4.78, 5) is 22.4. The minimum absolute atomic E-state index is 0.0684. The van der Waals surface area contributed by atoms with Crippen molar-refractivity contribution in [1.29, 1.82) is 0 Å². The van der Waals surface area contributed by atoms with Gasteiger partial charge < -0.3 is 9.72 Å². The Labute approximate surface area is 247 Å². The molecular weight excluding hydrogens is 566 g/mol. The summed E-state index contributed by atoms with van der Waals surface area (Å²) >= 11 is 0. The van der Waals surface area contributed by atoms with E-state index in [0.717, 1.165) is 42.7 Å². The van der Waals surface area contributed by atoms with Gasteiger partial charge in [-0.1, -0.05) is 42.5 Å². The van der Waals surface area contributed by atoms with Crippen LogP contribution in [0.2, 0.25) is 0 Å². The number of aromatic amines is 1. The van der Waals surface area contributed by atoms with Gasteiger partial charge in [0.1, 0.15) is 11.9 Å². The molecule has 0 aliphatic heterocycles. The van der Waals surface area contributed by atoms with E-state index in [2.05, 4.69) is 15.0 Å². The Kier molecular flexibility index (Phi) is 7.58. The summed E-state index contributed by atoms with van der Waals surface area (Å²) in [6, 6.07) is 23.0. The Morgan fingerprint density at radius 2 is 1.74 bits per heavy atom. The minimum Gasteiger partial charge on any atom is -0.487 e. The first-order valence-corrected chi connectivity index (χ1v) is 14.9. The Bertz CT molecular complexity index is 2060. The quantitative estimate of drug-likeness (QED) is 0.152. The summed E-state index contributed by atoms with van der Waals surface area (Å²) in [5, 5.41) is 14.7. The first-order chi connectivity index (χ1) is 20.8. The van der Waals surface area contributed by atoms with E-state index < -0.39 is 26.7 Å². The number of fused-ring (bicyclic) bond motifs is 2. The van der Waals surface area contributed by atoms with Crippen LogP contribution in [0.4, 0.5) is 5.69 Å². The van der Waals surface area contributed by atoms with Crippen LogP contribution in [-0.4, -0.2) is 52.3 Å². The summed E-state index contributed by atoms with van der Waals surface area (Å²) < 4.78 is 34.6. The minimum atomic E-state index is -4.21. The fourth-order valence-electron chi connectivity index (χ4n) is 5.16. The second-order valence-electron chi connectivity index (χ2n) is 10.2. The number of pyridine rings is 2. The van der Waals surface area contributed by atoms with Crippen molar-refractivity contribution >= 4 is 37.4 Å². The van der Waals surface area contributed by atoms with Gasteiger partial charge >= 0.3 is 0 Å². The van der Waals surface area contributed by atoms with Crippen molar-refractivity contribution in [2.45, 2.75) is 17.4 Å². The zero-order valence-electron chi connectivity index (χ0n) is 23.1. The number of nitrogens with zero attached hydrogens (tertiary/aromatic N) is 4. The SMILES string of the molecule is CN(CC(Cc1c[nH]c2ccccc12)Oc1cncc(-c2ccc3cnccc3c2)c1)S(=O)(=O)c1ccccc1[N+](=O)[O-]. The van der Waals surface area contributed by atoms with Gasteiger partial charge in [0, 0.05) is 66.2 Å². The lowest BCUT2D eigenvalue weighted by molar-refractivity contribution is -0.387. The van der Waals surface area contributed by atoms with E-state index in [1.807, 2.05) is 60.8 Å². The van der Waals surface area contributed by atoms with Gasteiger partial charge in [-0.15, -0.1) is 0 Å². The third-order valence-electron chi connectivity index (χ3n) is 7.32. The molecule has 1 unspecified atom stereocenters. The molecule has 0 spiro atoms. The molecule has 0 amide bonds. The van der Waals surface area contributed by atoms with Crippen molar-refractivity contribution in [3.8, 4) is 16.9 Å². The number of likely N-dealkylation sites (N-methyl/N-ethyl adjacent to an activating group) is 1. The summed E-state index contributed by atoms with van der Waals surface area (Å²) in [7, 11) is -2.81. The molecule has 0 saturated heterocycles. The van der Waals surface area contributed by atoms with Crippen LogP contribution in [0, 0.1) is 10.1 Å². The molecule has 0 aliphatic rings. The number of nitrogens with one attached hydrogen (secondary N) is 1. The van der Waals surface area contributed by atoms with E-state index in [1.165, 1.54) is 31.3 Å². The molecule has 216 valence electrons. The predicted octanol–water partition coefficient (Wildman–Crippen LogP) is 6.00. The third-order valence-corrected chi connectivity index (χ3v) is 9.19. The van der Waals surface area contributed by atoms with Gasteiger partial charge in [-0.2, -0.15) is 4.31 Å². The van der Waals surface area contributed by atoms with Crippen molar-refractivity contribution < 1.29 is 18.1 Å². The summed E-state index contributed by atoms with van der Waals surface area (Å²) in [5.74, 6) is 0.466. The number of rotatable bonds is 10. The molecule has 0 radical (unpaired) electrons. The van der Waals surface area contributed by atoms with Gasteiger partial charge in [0.2, 0.25) is 10.0 Å². The molecule has 0 fully saturated rings. The molecule has 0 aliphatic carbocycles. The van der Waals surface area contributed by atoms with Crippen molar-refractivity contribution in [2.75, 3.05) is 13.6 Å². The number of para-hydroxylation sites is 2. The molecule has 6 aromatic rings. The van der Waals surface area contributed by atoms with E-state index in [0.29, 0.717) is 12.2 Å². The smallest absolute Gasteiger partial charge is 0.289 e. The second kappa shape index (κ2) is 11.6. The molecule has 3 aromatic heterocycles. The summed E-state index contributed by atoms with van der Waals surface area (Å²) in [6.07, 6.45) is 8.49. The summed E-state index contributed by atoms with van der Waals surface area (Å²) in [6.45, 7) is -0.0684. The lowest BCUT2D eigenvalue weighted by atomic mass is 10.0. The van der Waals surface area contributed by atoms with Crippen LogP contribution in [0.25, 0.3) is 32.8 Å². The topological polar surface area (TPSA) is 131 Å². The lowest BCUT2D eigenvalue weighted by Crippen LogP contribution is -2.38. The zero-order chi connectivity index (χ0) is 30.0. The highest BCUT2D eigenvalue weighted by molar-refractivity contribution is 7.89. The average molecular weight is 594 g/mol. The molecule has 6 rings (SSSR count). The van der Waals surface area contributed by atoms with Crippen LogP contribution in [0.1, 0.15) is 5.56 Å².